The van der Waals surface area contributed by atoms with Gasteiger partial charge in [-0.3, -0.25) is 9.69 Å². The van der Waals surface area contributed by atoms with E-state index in [1.165, 1.54) is 28.4 Å². The molecule has 1 aliphatic heterocycles. The first-order valence-electron chi connectivity index (χ1n) is 10.8. The molecule has 6 nitrogen and oxygen atoms in total. The van der Waals surface area contributed by atoms with E-state index in [4.69, 9.17) is 11.6 Å². The molecule has 5 rings (SSSR count). The molecule has 4 heterocycles. The summed E-state index contributed by atoms with van der Waals surface area (Å²) in [4.78, 5) is 21.2. The zero-order valence-corrected chi connectivity index (χ0v) is 20.0. The minimum Gasteiger partial charge on any atom is -0.335 e. The Morgan fingerprint density at radius 1 is 1.08 bits per heavy atom. The number of thiophene rings is 1. The largest absolute Gasteiger partial charge is 0.433 e. The fourth-order valence-corrected chi connectivity index (χ4v) is 4.98. The number of nitrogens with zero attached hydrogens (tertiary/aromatic N) is 5. The summed E-state index contributed by atoms with van der Waals surface area (Å²) in [7, 11) is 0. The van der Waals surface area contributed by atoms with E-state index in [0.29, 0.717) is 22.5 Å². The average molecular weight is 542 g/mol. The van der Waals surface area contributed by atoms with Gasteiger partial charge in [0.1, 0.15) is 5.02 Å². The quantitative estimate of drug-likeness (QED) is 0.326. The first kappa shape index (κ1) is 24.6. The lowest BCUT2D eigenvalue weighted by atomic mass is 10.1. The highest BCUT2D eigenvalue weighted by Gasteiger charge is 2.37. The molecule has 1 saturated heterocycles. The Labute approximate surface area is 210 Å². The Bertz CT molecular complexity index is 1430. The second kappa shape index (κ2) is 9.41. The average Bonchev–Trinajstić information content (AvgIpc) is 3.50. The Kier molecular flexibility index (Phi) is 6.43. The number of carbonyl (C=O) groups is 1. The van der Waals surface area contributed by atoms with Crippen molar-refractivity contribution in [3.8, 4) is 10.6 Å². The fourth-order valence-electron chi connectivity index (χ4n) is 4.05. The maximum Gasteiger partial charge on any atom is 0.433 e. The third-order valence-electron chi connectivity index (χ3n) is 5.88. The monoisotopic (exact) mass is 541 g/mol. The number of rotatable bonds is 4. The van der Waals surface area contributed by atoms with Gasteiger partial charge < -0.3 is 4.90 Å². The van der Waals surface area contributed by atoms with Gasteiger partial charge in [-0.25, -0.2) is 18.3 Å². The van der Waals surface area contributed by atoms with Gasteiger partial charge in [-0.2, -0.15) is 18.3 Å². The van der Waals surface area contributed by atoms with Crippen molar-refractivity contribution in [2.24, 2.45) is 0 Å². The molecule has 0 N–H and O–H groups in total. The minimum atomic E-state index is -4.76. The summed E-state index contributed by atoms with van der Waals surface area (Å²) in [6.45, 7) is 1.27. The van der Waals surface area contributed by atoms with Crippen molar-refractivity contribution in [2.75, 3.05) is 26.2 Å². The van der Waals surface area contributed by atoms with Gasteiger partial charge in [0.05, 0.1) is 10.6 Å². The number of hydrogen-bond donors (Lipinski definition) is 0. The van der Waals surface area contributed by atoms with Crippen LogP contribution in [0.25, 0.3) is 16.2 Å². The summed E-state index contributed by atoms with van der Waals surface area (Å²) < 4.78 is 69.5. The first-order valence-corrected chi connectivity index (χ1v) is 12.0. The molecule has 36 heavy (non-hydrogen) atoms. The van der Waals surface area contributed by atoms with Crippen LogP contribution in [0, 0.1) is 11.6 Å². The van der Waals surface area contributed by atoms with Gasteiger partial charge >= 0.3 is 6.18 Å². The highest BCUT2D eigenvalue weighted by atomic mass is 35.5. The van der Waals surface area contributed by atoms with E-state index in [0.717, 1.165) is 12.1 Å². The maximum atomic E-state index is 14.0. The van der Waals surface area contributed by atoms with E-state index < -0.39 is 29.4 Å². The number of carbonyl (C=O) groups excluding carboxylic acids is 1. The Balaban J connectivity index is 1.39. The van der Waals surface area contributed by atoms with Crippen molar-refractivity contribution in [2.45, 2.75) is 12.7 Å². The van der Waals surface area contributed by atoms with Gasteiger partial charge in [0, 0.05) is 38.3 Å². The maximum absolute atomic E-state index is 14.0. The molecule has 0 atom stereocenters. The van der Waals surface area contributed by atoms with Crippen molar-refractivity contribution in [1.29, 1.82) is 0 Å². The van der Waals surface area contributed by atoms with Crippen LogP contribution in [0.3, 0.4) is 0 Å². The smallest absolute Gasteiger partial charge is 0.335 e. The molecule has 1 amide bonds. The SMILES string of the molecule is O=C(c1nn2c(C(F)(F)F)cc(-c3cccs3)nc2c1Cl)N1CCN(Cc2cccc(F)c2F)CC1. The third-order valence-corrected chi connectivity index (χ3v) is 7.12. The number of hydrogen-bond acceptors (Lipinski definition) is 5. The van der Waals surface area contributed by atoms with E-state index in [2.05, 4.69) is 10.1 Å². The van der Waals surface area contributed by atoms with Crippen LogP contribution in [0.15, 0.2) is 41.8 Å². The van der Waals surface area contributed by atoms with Crippen LogP contribution in [0.5, 0.6) is 0 Å². The minimum absolute atomic E-state index is 0.0730. The number of aromatic nitrogens is 3. The Morgan fingerprint density at radius 3 is 2.50 bits per heavy atom. The molecule has 0 saturated carbocycles. The van der Waals surface area contributed by atoms with Gasteiger partial charge in [0.25, 0.3) is 5.91 Å². The van der Waals surface area contributed by atoms with Crippen molar-refractivity contribution >= 4 is 34.5 Å². The normalized spacial score (nSPS) is 15.1. The predicted octanol–water partition coefficient (Wildman–Crippen LogP) is 5.37. The number of alkyl halides is 3. The summed E-state index contributed by atoms with van der Waals surface area (Å²) in [5.74, 6) is -2.48. The first-order chi connectivity index (χ1) is 17.1. The molecule has 1 fully saturated rings. The summed E-state index contributed by atoms with van der Waals surface area (Å²) in [6, 6.07) is 8.15. The summed E-state index contributed by atoms with van der Waals surface area (Å²) in [6.07, 6.45) is -4.76. The highest BCUT2D eigenvalue weighted by molar-refractivity contribution is 7.13. The van der Waals surface area contributed by atoms with Crippen LogP contribution in [-0.4, -0.2) is 56.5 Å². The topological polar surface area (TPSA) is 53.7 Å². The number of amides is 1. The lowest BCUT2D eigenvalue weighted by molar-refractivity contribution is -0.142. The van der Waals surface area contributed by atoms with Gasteiger partial charge in [-0.15, -0.1) is 11.3 Å². The molecule has 188 valence electrons. The molecule has 1 aromatic carbocycles. The van der Waals surface area contributed by atoms with Crippen LogP contribution in [0.4, 0.5) is 22.0 Å². The predicted molar refractivity (Wildman–Crippen MR) is 124 cm³/mol. The second-order valence-electron chi connectivity index (χ2n) is 8.18. The molecular formula is C23H17ClF5N5OS. The molecule has 1 aliphatic rings. The summed E-state index contributed by atoms with van der Waals surface area (Å²) >= 11 is 7.57. The summed E-state index contributed by atoms with van der Waals surface area (Å²) in [5, 5.41) is 5.34. The fraction of sp³-hybridized carbons (Fsp3) is 0.261. The van der Waals surface area contributed by atoms with E-state index in [9.17, 15) is 26.7 Å². The number of fused-ring (bicyclic) bond motifs is 1. The standard InChI is InChI=1S/C23H17ClF5N5OS/c24-18-20(22(35)33-8-6-32(7-9-33)12-13-3-1-4-14(25)19(13)26)31-34-17(23(27,28)29)11-15(30-21(18)34)16-5-2-10-36-16/h1-5,10-11H,6-9,12H2. The van der Waals surface area contributed by atoms with Crippen molar-refractivity contribution in [3.63, 3.8) is 0 Å². The molecule has 0 bridgehead atoms. The van der Waals surface area contributed by atoms with Gasteiger partial charge in [0.2, 0.25) is 0 Å². The Hall–Kier alpha value is -3.09. The number of halogens is 6. The van der Waals surface area contributed by atoms with Crippen LogP contribution in [0.2, 0.25) is 5.02 Å². The third kappa shape index (κ3) is 4.56. The van der Waals surface area contributed by atoms with E-state index >= 15 is 0 Å². The lowest BCUT2D eigenvalue weighted by Gasteiger charge is -2.34. The highest BCUT2D eigenvalue weighted by Crippen LogP contribution is 2.35. The van der Waals surface area contributed by atoms with Crippen molar-refractivity contribution in [1.82, 2.24) is 24.4 Å². The van der Waals surface area contributed by atoms with Gasteiger partial charge in [0.15, 0.2) is 28.7 Å². The number of piperazine rings is 1. The van der Waals surface area contributed by atoms with Crippen LogP contribution in [-0.2, 0) is 12.7 Å². The van der Waals surface area contributed by atoms with Gasteiger partial charge in [-0.05, 0) is 23.6 Å². The van der Waals surface area contributed by atoms with Crippen molar-refractivity contribution in [3.05, 3.63) is 75.4 Å². The molecule has 4 aromatic rings. The molecule has 0 aliphatic carbocycles. The molecule has 13 heteroatoms. The van der Waals surface area contributed by atoms with E-state index in [-0.39, 0.29) is 47.3 Å². The Morgan fingerprint density at radius 2 is 1.83 bits per heavy atom. The molecule has 0 unspecified atom stereocenters. The zero-order valence-electron chi connectivity index (χ0n) is 18.4. The molecule has 0 spiro atoms. The van der Waals surface area contributed by atoms with Crippen LogP contribution >= 0.6 is 22.9 Å². The molecular weight excluding hydrogens is 525 g/mol. The molecule has 0 radical (unpaired) electrons. The lowest BCUT2D eigenvalue weighted by Crippen LogP contribution is -2.48. The second-order valence-corrected chi connectivity index (χ2v) is 9.51. The molecule has 3 aromatic heterocycles. The van der Waals surface area contributed by atoms with E-state index in [1.807, 2.05) is 4.90 Å². The van der Waals surface area contributed by atoms with Crippen molar-refractivity contribution < 1.29 is 26.7 Å². The van der Waals surface area contributed by atoms with Crippen LogP contribution in [0.1, 0.15) is 21.7 Å². The summed E-state index contributed by atoms with van der Waals surface area (Å²) in [5.41, 5.74) is -1.42. The van der Waals surface area contributed by atoms with Crippen LogP contribution < -0.4 is 0 Å². The number of benzene rings is 1. The zero-order chi connectivity index (χ0) is 25.6. The van der Waals surface area contributed by atoms with Gasteiger partial charge in [-0.1, -0.05) is 29.8 Å². The van der Waals surface area contributed by atoms with E-state index in [1.54, 1.807) is 17.5 Å².